The fourth-order valence-corrected chi connectivity index (χ4v) is 1.96. The number of hydrogen-bond acceptors (Lipinski definition) is 7. The molecule has 0 fully saturated rings. The summed E-state index contributed by atoms with van der Waals surface area (Å²) in [7, 11) is -4.63. The topological polar surface area (TPSA) is 153 Å². The van der Waals surface area contributed by atoms with Gasteiger partial charge in [0, 0.05) is 6.54 Å². The predicted molar refractivity (Wildman–Crippen MR) is 63.9 cm³/mol. The van der Waals surface area contributed by atoms with Crippen LogP contribution in [-0.2, 0) is 11.1 Å². The summed E-state index contributed by atoms with van der Waals surface area (Å²) in [6, 6.07) is 0. The van der Waals surface area contributed by atoms with E-state index in [0.29, 0.717) is 18.0 Å². The van der Waals surface area contributed by atoms with Crippen LogP contribution in [0.1, 0.15) is 6.42 Å². The van der Waals surface area contributed by atoms with E-state index >= 15 is 0 Å². The number of nitrogens with two attached hydrogens (primary N) is 1. The molecular weight excluding hydrogens is 319 g/mol. The zero-order valence-electron chi connectivity index (χ0n) is 11.6. The van der Waals surface area contributed by atoms with E-state index < -0.39 is 13.2 Å². The molecule has 0 aliphatic heterocycles. The summed E-state index contributed by atoms with van der Waals surface area (Å²) >= 11 is 0. The molecule has 12 heteroatoms. The van der Waals surface area contributed by atoms with Gasteiger partial charge in [-0.2, -0.15) is 4.98 Å². The Bertz CT molecular complexity index is 737. The van der Waals surface area contributed by atoms with E-state index in [1.165, 1.54) is 12.4 Å². The minimum Gasteiger partial charge on any atom is -0.808 e. The first-order chi connectivity index (χ1) is 8.87. The normalized spacial score (nSPS) is 11.3. The number of anilines is 1. The summed E-state index contributed by atoms with van der Waals surface area (Å²) < 4.78 is 11.9. The molecular formula is C9H10N5Na2O4P. The van der Waals surface area contributed by atoms with E-state index in [0.717, 1.165) is 0 Å². The summed E-state index contributed by atoms with van der Waals surface area (Å²) in [5.41, 5.74) is 5.44. The maximum atomic E-state index is 11.5. The van der Waals surface area contributed by atoms with Crippen molar-refractivity contribution in [2.24, 2.45) is 0 Å². The second-order valence-electron chi connectivity index (χ2n) is 3.77. The smallest absolute Gasteiger partial charge is 0.808 e. The Morgan fingerprint density at radius 2 is 2.10 bits per heavy atom. The molecule has 3 N–H and O–H groups in total. The number of nitrogens with zero attached hydrogens (tertiary/aromatic N) is 3. The third-order valence-corrected chi connectivity index (χ3v) is 2.89. The molecule has 21 heavy (non-hydrogen) atoms. The number of aryl methyl sites for hydroxylation is 1. The summed E-state index contributed by atoms with van der Waals surface area (Å²) in [4.78, 5) is 42.4. The number of aromatic nitrogens is 4. The number of H-pyrrole nitrogens is 1. The first-order valence-corrected chi connectivity index (χ1v) is 6.88. The van der Waals surface area contributed by atoms with Crippen LogP contribution in [0.2, 0.25) is 0 Å². The number of aromatic amines is 1. The van der Waals surface area contributed by atoms with Crippen LogP contribution in [0.15, 0.2) is 23.0 Å². The van der Waals surface area contributed by atoms with Gasteiger partial charge >= 0.3 is 59.1 Å². The minimum atomic E-state index is -4.63. The molecule has 2 rings (SSSR count). The van der Waals surface area contributed by atoms with E-state index in [1.54, 1.807) is 4.57 Å². The Kier molecular flexibility index (Phi) is 8.63. The van der Waals surface area contributed by atoms with Crippen LogP contribution in [0, 0.1) is 0 Å². The van der Waals surface area contributed by atoms with Gasteiger partial charge < -0.3 is 24.7 Å². The maximum Gasteiger partial charge on any atom is 1.00 e. The van der Waals surface area contributed by atoms with Crippen LogP contribution in [0.4, 0.5) is 5.95 Å². The van der Waals surface area contributed by atoms with E-state index in [1.807, 2.05) is 0 Å². The number of allylic oxidation sites excluding steroid dienone is 1. The van der Waals surface area contributed by atoms with Gasteiger partial charge in [-0.1, -0.05) is 11.9 Å². The minimum absolute atomic E-state index is 0. The van der Waals surface area contributed by atoms with E-state index in [-0.39, 0.29) is 77.0 Å². The Labute approximate surface area is 163 Å². The van der Waals surface area contributed by atoms with E-state index in [2.05, 4.69) is 15.0 Å². The van der Waals surface area contributed by atoms with Crippen LogP contribution in [0.25, 0.3) is 11.2 Å². The molecule has 0 radical (unpaired) electrons. The predicted octanol–water partition coefficient (Wildman–Crippen LogP) is -7.47. The van der Waals surface area contributed by atoms with Crippen molar-refractivity contribution < 1.29 is 73.5 Å². The second kappa shape index (κ2) is 8.61. The molecule has 102 valence electrons. The molecule has 0 atom stereocenters. The number of imidazole rings is 1. The van der Waals surface area contributed by atoms with Gasteiger partial charge in [-0.3, -0.25) is 9.78 Å². The fraction of sp³-hybridized carbons (Fsp3) is 0.222. The Morgan fingerprint density at radius 3 is 2.71 bits per heavy atom. The van der Waals surface area contributed by atoms with Crippen molar-refractivity contribution >= 4 is 24.7 Å². The van der Waals surface area contributed by atoms with Crippen LogP contribution < -0.4 is 80.2 Å². The molecule has 0 spiro atoms. The molecule has 0 unspecified atom stereocenters. The van der Waals surface area contributed by atoms with Gasteiger partial charge in [0.05, 0.1) is 6.33 Å². The van der Waals surface area contributed by atoms with Gasteiger partial charge in [0.2, 0.25) is 5.95 Å². The monoisotopic (exact) mass is 329 g/mol. The Balaban J connectivity index is 0.00000200. The summed E-state index contributed by atoms with van der Waals surface area (Å²) in [5, 5.41) is 0. The molecule has 2 aromatic heterocycles. The SMILES string of the molecule is Nc1nc2c(ncn2CC/C=C\P(=O)([O-])[O-])c(=O)[nH]1.[Na+].[Na+]. The number of nitrogens with one attached hydrogen (secondary N) is 1. The zero-order chi connectivity index (χ0) is 14.0. The number of fused-ring (bicyclic) bond motifs is 1. The third kappa shape index (κ3) is 5.97. The quantitative estimate of drug-likeness (QED) is 0.417. The summed E-state index contributed by atoms with van der Waals surface area (Å²) in [5.74, 6) is 0.583. The van der Waals surface area contributed by atoms with Crippen LogP contribution in [0.5, 0.6) is 0 Å². The van der Waals surface area contributed by atoms with Crippen LogP contribution >= 0.6 is 7.60 Å². The van der Waals surface area contributed by atoms with Gasteiger partial charge in [0.15, 0.2) is 11.2 Å². The van der Waals surface area contributed by atoms with Gasteiger partial charge in [-0.25, -0.2) is 4.98 Å². The van der Waals surface area contributed by atoms with Gasteiger partial charge in [0.1, 0.15) is 0 Å². The van der Waals surface area contributed by atoms with Crippen molar-refractivity contribution in [1.29, 1.82) is 0 Å². The molecule has 0 aliphatic rings. The van der Waals surface area contributed by atoms with Crippen molar-refractivity contribution in [2.75, 3.05) is 5.73 Å². The van der Waals surface area contributed by atoms with Crippen molar-refractivity contribution in [2.45, 2.75) is 13.0 Å². The largest absolute Gasteiger partial charge is 1.00 e. The molecule has 0 saturated carbocycles. The Morgan fingerprint density at radius 1 is 1.43 bits per heavy atom. The van der Waals surface area contributed by atoms with Crippen LogP contribution in [0.3, 0.4) is 0 Å². The third-order valence-electron chi connectivity index (χ3n) is 2.32. The molecule has 9 nitrogen and oxygen atoms in total. The average molecular weight is 329 g/mol. The molecule has 0 aliphatic carbocycles. The van der Waals surface area contributed by atoms with Gasteiger partial charge in [-0.05, 0) is 14.0 Å². The number of rotatable bonds is 4. The summed E-state index contributed by atoms with van der Waals surface area (Å²) in [6.45, 7) is 0.322. The van der Waals surface area contributed by atoms with Crippen molar-refractivity contribution in [3.05, 3.63) is 28.6 Å². The second-order valence-corrected chi connectivity index (χ2v) is 5.15. The molecule has 0 aromatic carbocycles. The summed E-state index contributed by atoms with van der Waals surface area (Å²) in [6.07, 6.45) is 2.92. The molecule has 0 bridgehead atoms. The zero-order valence-corrected chi connectivity index (χ0v) is 16.5. The van der Waals surface area contributed by atoms with Crippen molar-refractivity contribution in [3.63, 3.8) is 0 Å². The first-order valence-electron chi connectivity index (χ1n) is 5.27. The molecule has 0 amide bonds. The molecule has 0 saturated heterocycles. The fourth-order valence-electron chi connectivity index (χ4n) is 1.55. The van der Waals surface area contributed by atoms with E-state index in [9.17, 15) is 19.1 Å². The van der Waals surface area contributed by atoms with Gasteiger partial charge in [0.25, 0.3) is 5.56 Å². The van der Waals surface area contributed by atoms with Crippen molar-refractivity contribution in [1.82, 2.24) is 19.5 Å². The first kappa shape index (κ1) is 21.0. The van der Waals surface area contributed by atoms with E-state index in [4.69, 9.17) is 5.73 Å². The number of nitrogen functional groups attached to an aromatic ring is 1. The van der Waals surface area contributed by atoms with Crippen LogP contribution in [-0.4, -0.2) is 19.5 Å². The Hall–Kier alpha value is 0.0400. The maximum absolute atomic E-state index is 11.5. The number of hydrogen-bond donors (Lipinski definition) is 2. The standard InChI is InChI=1S/C9H12N5O4P.2Na/c10-9-12-7-6(8(15)13-9)11-5-14(7)3-1-2-4-19(16,17)18;;/h2,4-5H,1,3H2,(H2,16,17,18)(H3,10,12,13,15);;/q;2*+1/p-2/b4-2-;;. The average Bonchev–Trinajstić information content (AvgIpc) is 2.66. The molecule has 2 heterocycles. The van der Waals surface area contributed by atoms with Crippen molar-refractivity contribution in [3.8, 4) is 0 Å². The molecule has 2 aromatic rings. The van der Waals surface area contributed by atoms with Gasteiger partial charge in [-0.15, -0.1) is 0 Å².